The van der Waals surface area contributed by atoms with Gasteiger partial charge in [0, 0.05) is 0 Å². The molecule has 0 amide bonds. The molecule has 0 bridgehead atoms. The first kappa shape index (κ1) is 15.5. The van der Waals surface area contributed by atoms with Crippen LogP contribution in [0.25, 0.3) is 0 Å². The minimum atomic E-state index is -0.643. The van der Waals surface area contributed by atoms with Crippen molar-refractivity contribution in [1.82, 2.24) is 0 Å². The highest BCUT2D eigenvalue weighted by Gasteiger charge is 2.15. The van der Waals surface area contributed by atoms with Crippen LogP contribution in [0.1, 0.15) is 38.2 Å². The third-order valence-corrected chi connectivity index (χ3v) is 2.94. The summed E-state index contributed by atoms with van der Waals surface area (Å²) in [6, 6.07) is 6.03. The Morgan fingerprint density at radius 2 is 1.95 bits per heavy atom. The van der Waals surface area contributed by atoms with Crippen molar-refractivity contribution >= 4 is 5.97 Å². The molecule has 1 aromatic carbocycles. The van der Waals surface area contributed by atoms with Gasteiger partial charge in [-0.2, -0.15) is 0 Å². The number of carbonyl (C=O) groups is 1. The topological polar surface area (TPSA) is 72.5 Å². The lowest BCUT2D eigenvalue weighted by Gasteiger charge is -2.11. The molecule has 1 aromatic rings. The summed E-state index contributed by atoms with van der Waals surface area (Å²) in [6.45, 7) is 2.59. The third kappa shape index (κ3) is 6.25. The molecule has 0 spiro atoms. The Hall–Kier alpha value is -1.55. The van der Waals surface area contributed by atoms with Gasteiger partial charge in [-0.15, -0.1) is 0 Å². The summed E-state index contributed by atoms with van der Waals surface area (Å²) in [7, 11) is 0. The van der Waals surface area contributed by atoms with Crippen LogP contribution >= 0.6 is 0 Å². The predicted octanol–water partition coefficient (Wildman–Crippen LogP) is 2.39. The summed E-state index contributed by atoms with van der Waals surface area (Å²) >= 11 is 0. The Balaban J connectivity index is 2.26. The number of phenolic OH excluding ortho intramolecular Hbond substituents is 1. The molecule has 1 atom stereocenters. The van der Waals surface area contributed by atoms with Gasteiger partial charge in [-0.1, -0.05) is 38.3 Å². The number of rotatable bonds is 8. The van der Waals surface area contributed by atoms with Crippen LogP contribution < -0.4 is 5.73 Å². The van der Waals surface area contributed by atoms with Crippen molar-refractivity contribution < 1.29 is 14.6 Å². The van der Waals surface area contributed by atoms with Crippen molar-refractivity contribution in [3.8, 4) is 5.75 Å². The molecule has 19 heavy (non-hydrogen) atoms. The van der Waals surface area contributed by atoms with Crippen LogP contribution in [0.4, 0.5) is 0 Å². The van der Waals surface area contributed by atoms with Gasteiger partial charge in [0.25, 0.3) is 0 Å². The van der Waals surface area contributed by atoms with E-state index in [1.165, 1.54) is 0 Å². The molecule has 1 rings (SSSR count). The number of benzene rings is 1. The van der Waals surface area contributed by atoms with Gasteiger partial charge < -0.3 is 15.6 Å². The van der Waals surface area contributed by atoms with Gasteiger partial charge in [-0.3, -0.25) is 4.79 Å². The summed E-state index contributed by atoms with van der Waals surface area (Å²) in [4.78, 5) is 11.7. The number of ether oxygens (including phenoxy) is 1. The van der Waals surface area contributed by atoms with Crippen molar-refractivity contribution in [3.63, 3.8) is 0 Å². The molecule has 4 heteroatoms. The maximum atomic E-state index is 11.7. The summed E-state index contributed by atoms with van der Waals surface area (Å²) in [5.41, 5.74) is 6.70. The molecule has 0 saturated heterocycles. The first-order chi connectivity index (χ1) is 9.13. The van der Waals surface area contributed by atoms with Crippen LogP contribution in [0.2, 0.25) is 0 Å². The van der Waals surface area contributed by atoms with Gasteiger partial charge in [-0.05, 0) is 30.5 Å². The van der Waals surface area contributed by atoms with E-state index in [2.05, 4.69) is 6.92 Å². The zero-order chi connectivity index (χ0) is 14.1. The summed E-state index contributed by atoms with van der Waals surface area (Å²) < 4.78 is 5.13. The summed E-state index contributed by atoms with van der Waals surface area (Å²) in [5, 5.41) is 9.16. The van der Waals surface area contributed by atoms with Crippen LogP contribution in [0.3, 0.4) is 0 Å². The lowest BCUT2D eigenvalue weighted by molar-refractivity contribution is -0.145. The highest BCUT2D eigenvalue weighted by molar-refractivity contribution is 5.75. The van der Waals surface area contributed by atoms with E-state index in [0.717, 1.165) is 31.2 Å². The van der Waals surface area contributed by atoms with E-state index < -0.39 is 6.04 Å². The van der Waals surface area contributed by atoms with Crippen molar-refractivity contribution in [3.05, 3.63) is 29.8 Å². The summed E-state index contributed by atoms with van der Waals surface area (Å²) in [5.74, 6) is -0.152. The molecule has 0 aliphatic carbocycles. The fraction of sp³-hybridized carbons (Fsp3) is 0.533. The lowest BCUT2D eigenvalue weighted by Crippen LogP contribution is -2.34. The number of nitrogens with two attached hydrogens (primary N) is 1. The van der Waals surface area contributed by atoms with Crippen molar-refractivity contribution in [2.24, 2.45) is 5.73 Å². The minimum absolute atomic E-state index is 0.204. The number of carbonyl (C=O) groups excluding carboxylic acids is 1. The number of aromatic hydroxyl groups is 1. The second-order valence-electron chi connectivity index (χ2n) is 4.71. The summed E-state index contributed by atoms with van der Waals surface area (Å²) in [6.07, 6.45) is 4.72. The van der Waals surface area contributed by atoms with E-state index in [-0.39, 0.29) is 11.7 Å². The van der Waals surface area contributed by atoms with Crippen molar-refractivity contribution in [1.29, 1.82) is 0 Å². The van der Waals surface area contributed by atoms with Crippen LogP contribution in [0.15, 0.2) is 24.3 Å². The number of phenols is 1. The van der Waals surface area contributed by atoms with Gasteiger partial charge in [0.05, 0.1) is 6.61 Å². The molecular formula is C15H23NO3. The standard InChI is InChI=1S/C15H23NO3/c1-2-3-4-5-10-19-15(18)14(16)11-12-6-8-13(17)9-7-12/h6-9,14,17H,2-5,10-11,16H2,1H3/t14-/m1/s1. The Kier molecular flexibility index (Phi) is 6.97. The normalized spacial score (nSPS) is 12.1. The molecule has 106 valence electrons. The van der Waals surface area contributed by atoms with Gasteiger partial charge >= 0.3 is 5.97 Å². The lowest BCUT2D eigenvalue weighted by atomic mass is 10.1. The quantitative estimate of drug-likeness (QED) is 0.559. The number of hydrogen-bond acceptors (Lipinski definition) is 4. The Morgan fingerprint density at radius 3 is 2.58 bits per heavy atom. The molecule has 4 nitrogen and oxygen atoms in total. The Bertz CT molecular complexity index is 375. The first-order valence-corrected chi connectivity index (χ1v) is 6.83. The molecule has 3 N–H and O–H groups in total. The van der Waals surface area contributed by atoms with E-state index >= 15 is 0 Å². The molecule has 0 heterocycles. The second kappa shape index (κ2) is 8.53. The molecule has 0 saturated carbocycles. The molecule has 0 aliphatic rings. The Labute approximate surface area is 114 Å². The third-order valence-electron chi connectivity index (χ3n) is 2.94. The van der Waals surface area contributed by atoms with E-state index in [9.17, 15) is 4.79 Å². The van der Waals surface area contributed by atoms with Crippen LogP contribution in [-0.2, 0) is 16.0 Å². The van der Waals surface area contributed by atoms with Gasteiger partial charge in [0.15, 0.2) is 0 Å². The number of hydrogen-bond donors (Lipinski definition) is 2. The maximum absolute atomic E-state index is 11.7. The fourth-order valence-corrected chi connectivity index (χ4v) is 1.78. The van der Waals surface area contributed by atoms with E-state index in [1.807, 2.05) is 0 Å². The fourth-order valence-electron chi connectivity index (χ4n) is 1.78. The molecule has 0 radical (unpaired) electrons. The number of esters is 1. The van der Waals surface area contributed by atoms with Crippen molar-refractivity contribution in [2.75, 3.05) is 6.61 Å². The van der Waals surface area contributed by atoms with Crippen LogP contribution in [0.5, 0.6) is 5.75 Å². The largest absolute Gasteiger partial charge is 0.508 e. The molecule has 0 unspecified atom stereocenters. The van der Waals surface area contributed by atoms with Gasteiger partial charge in [-0.25, -0.2) is 0 Å². The predicted molar refractivity (Wildman–Crippen MR) is 74.9 cm³/mol. The van der Waals surface area contributed by atoms with Gasteiger partial charge in [0.1, 0.15) is 11.8 Å². The average Bonchev–Trinajstić information content (AvgIpc) is 2.41. The molecule has 0 fully saturated rings. The molecular weight excluding hydrogens is 242 g/mol. The Morgan fingerprint density at radius 1 is 1.26 bits per heavy atom. The minimum Gasteiger partial charge on any atom is -0.508 e. The monoisotopic (exact) mass is 265 g/mol. The zero-order valence-corrected chi connectivity index (χ0v) is 11.5. The molecule has 0 aliphatic heterocycles. The highest BCUT2D eigenvalue weighted by atomic mass is 16.5. The van der Waals surface area contributed by atoms with Crippen LogP contribution in [0, 0.1) is 0 Å². The van der Waals surface area contributed by atoms with Crippen molar-refractivity contribution in [2.45, 2.75) is 45.1 Å². The smallest absolute Gasteiger partial charge is 0.323 e. The highest BCUT2D eigenvalue weighted by Crippen LogP contribution is 2.11. The number of unbranched alkanes of at least 4 members (excludes halogenated alkanes) is 3. The second-order valence-corrected chi connectivity index (χ2v) is 4.71. The van der Waals surface area contributed by atoms with Crippen LogP contribution in [-0.4, -0.2) is 23.7 Å². The van der Waals surface area contributed by atoms with Gasteiger partial charge in [0.2, 0.25) is 0 Å². The maximum Gasteiger partial charge on any atom is 0.323 e. The zero-order valence-electron chi connectivity index (χ0n) is 11.5. The van der Waals surface area contributed by atoms with E-state index in [4.69, 9.17) is 15.6 Å². The first-order valence-electron chi connectivity index (χ1n) is 6.83. The van der Waals surface area contributed by atoms with E-state index in [0.29, 0.717) is 13.0 Å². The molecule has 0 aromatic heterocycles. The SMILES string of the molecule is CCCCCCOC(=O)[C@H](N)Cc1ccc(O)cc1. The average molecular weight is 265 g/mol. The van der Waals surface area contributed by atoms with E-state index in [1.54, 1.807) is 24.3 Å².